The molecule has 5 nitrogen and oxygen atoms in total. The number of piperidine rings is 1. The molecule has 2 aliphatic heterocycles. The van der Waals surface area contributed by atoms with Crippen molar-refractivity contribution in [3.63, 3.8) is 0 Å². The Labute approximate surface area is 112 Å². The third kappa shape index (κ3) is 1.64. The van der Waals surface area contributed by atoms with E-state index in [2.05, 4.69) is 34.0 Å². The van der Waals surface area contributed by atoms with Crippen molar-refractivity contribution in [1.29, 1.82) is 0 Å². The van der Waals surface area contributed by atoms with Crippen LogP contribution in [0.4, 0.5) is 5.82 Å². The molecule has 0 aliphatic carbocycles. The number of pyridine rings is 1. The first-order valence-corrected chi connectivity index (χ1v) is 7.06. The van der Waals surface area contributed by atoms with Gasteiger partial charge in [-0.1, -0.05) is 0 Å². The van der Waals surface area contributed by atoms with Crippen molar-refractivity contribution in [1.82, 2.24) is 14.6 Å². The lowest BCUT2D eigenvalue weighted by Gasteiger charge is -2.39. The number of hydrogen-bond acceptors (Lipinski definition) is 4. The van der Waals surface area contributed by atoms with Crippen molar-refractivity contribution >= 4 is 11.5 Å². The van der Waals surface area contributed by atoms with Crippen LogP contribution in [-0.2, 0) is 0 Å². The van der Waals surface area contributed by atoms with Gasteiger partial charge in [0.05, 0.1) is 0 Å². The maximum absolute atomic E-state index is 6.16. The first-order chi connectivity index (χ1) is 9.22. The Morgan fingerprint density at radius 2 is 1.95 bits per heavy atom. The van der Waals surface area contributed by atoms with Gasteiger partial charge in [-0.2, -0.15) is 9.61 Å². The van der Waals surface area contributed by atoms with Crippen molar-refractivity contribution in [3.8, 4) is 0 Å². The molecule has 100 valence electrons. The van der Waals surface area contributed by atoms with Crippen LogP contribution in [-0.4, -0.2) is 32.7 Å². The zero-order valence-electron chi connectivity index (χ0n) is 11.2. The van der Waals surface area contributed by atoms with Crippen molar-refractivity contribution in [2.75, 3.05) is 4.90 Å². The second kappa shape index (κ2) is 3.93. The van der Waals surface area contributed by atoms with Gasteiger partial charge in [-0.25, -0.2) is 4.98 Å². The number of nitrogens with zero attached hydrogens (tertiary/aromatic N) is 4. The fourth-order valence-corrected chi connectivity index (χ4v) is 3.81. The highest BCUT2D eigenvalue weighted by molar-refractivity contribution is 5.55. The molecular formula is C14H19N5. The van der Waals surface area contributed by atoms with Gasteiger partial charge in [-0.05, 0) is 50.3 Å². The largest absolute Gasteiger partial charge is 0.350 e. The average molecular weight is 257 g/mol. The van der Waals surface area contributed by atoms with Gasteiger partial charge in [0, 0.05) is 18.1 Å². The molecule has 2 fully saturated rings. The quantitative estimate of drug-likeness (QED) is 0.841. The van der Waals surface area contributed by atoms with Gasteiger partial charge < -0.3 is 10.6 Å². The Kier molecular flexibility index (Phi) is 2.33. The van der Waals surface area contributed by atoms with Crippen LogP contribution < -0.4 is 10.6 Å². The molecule has 4 rings (SSSR count). The smallest absolute Gasteiger partial charge is 0.157 e. The number of fused-ring (bicyclic) bond motifs is 3. The molecule has 2 aromatic heterocycles. The highest BCUT2D eigenvalue weighted by atomic mass is 15.4. The van der Waals surface area contributed by atoms with Crippen LogP contribution >= 0.6 is 0 Å². The first-order valence-electron chi connectivity index (χ1n) is 7.06. The number of aromatic nitrogens is 3. The molecule has 0 saturated carbocycles. The molecule has 0 radical (unpaired) electrons. The van der Waals surface area contributed by atoms with Gasteiger partial charge >= 0.3 is 0 Å². The highest BCUT2D eigenvalue weighted by Crippen LogP contribution is 2.38. The Morgan fingerprint density at radius 1 is 1.21 bits per heavy atom. The summed E-state index contributed by atoms with van der Waals surface area (Å²) in [6.07, 6.45) is 6.34. The van der Waals surface area contributed by atoms with Crippen molar-refractivity contribution in [2.45, 2.75) is 50.7 Å². The zero-order valence-corrected chi connectivity index (χ0v) is 11.2. The number of rotatable bonds is 1. The molecule has 2 aliphatic rings. The van der Waals surface area contributed by atoms with E-state index in [0.29, 0.717) is 18.1 Å². The maximum atomic E-state index is 6.16. The number of anilines is 1. The second-order valence-corrected chi connectivity index (χ2v) is 5.94. The Morgan fingerprint density at radius 3 is 2.68 bits per heavy atom. The van der Waals surface area contributed by atoms with Crippen molar-refractivity contribution in [3.05, 3.63) is 24.0 Å². The van der Waals surface area contributed by atoms with Crippen LogP contribution in [0, 0.1) is 6.92 Å². The molecule has 0 aromatic carbocycles. The lowest BCUT2D eigenvalue weighted by atomic mass is 9.98. The second-order valence-electron chi connectivity index (χ2n) is 5.94. The average Bonchev–Trinajstić information content (AvgIpc) is 2.92. The van der Waals surface area contributed by atoms with E-state index < -0.39 is 0 Å². The minimum absolute atomic E-state index is 0.366. The molecule has 2 unspecified atom stereocenters. The summed E-state index contributed by atoms with van der Waals surface area (Å²) >= 11 is 0. The van der Waals surface area contributed by atoms with Crippen LogP contribution in [0.2, 0.25) is 0 Å². The third-order valence-electron chi connectivity index (χ3n) is 4.54. The molecular weight excluding hydrogens is 238 g/mol. The van der Waals surface area contributed by atoms with Crippen LogP contribution in [0.5, 0.6) is 0 Å². The predicted molar refractivity (Wildman–Crippen MR) is 74.2 cm³/mol. The minimum atomic E-state index is 0.366. The maximum Gasteiger partial charge on any atom is 0.157 e. The predicted octanol–water partition coefficient (Wildman–Crippen LogP) is 1.50. The van der Waals surface area contributed by atoms with Gasteiger partial charge in [0.1, 0.15) is 12.1 Å². The number of nitrogens with two attached hydrogens (primary N) is 1. The van der Waals surface area contributed by atoms with E-state index in [0.717, 1.165) is 18.5 Å². The standard InChI is InChI=1S/C14H19N5/c1-9-4-13-16-8-17-19(13)14(5-9)18-11-2-3-12(18)7-10(15)6-11/h4-5,8,10-12H,2-3,6-7,15H2,1H3. The summed E-state index contributed by atoms with van der Waals surface area (Å²) < 4.78 is 1.97. The third-order valence-corrected chi connectivity index (χ3v) is 4.54. The van der Waals surface area contributed by atoms with Gasteiger partial charge in [0.25, 0.3) is 0 Å². The van der Waals surface area contributed by atoms with Gasteiger partial charge in [0.2, 0.25) is 0 Å². The summed E-state index contributed by atoms with van der Waals surface area (Å²) in [6.45, 7) is 2.12. The summed E-state index contributed by atoms with van der Waals surface area (Å²) in [7, 11) is 0. The van der Waals surface area contributed by atoms with E-state index in [1.54, 1.807) is 6.33 Å². The minimum Gasteiger partial charge on any atom is -0.350 e. The van der Waals surface area contributed by atoms with E-state index in [4.69, 9.17) is 5.73 Å². The Bertz CT molecular complexity index is 605. The van der Waals surface area contributed by atoms with E-state index in [1.807, 2.05) is 4.52 Å². The normalized spacial score (nSPS) is 30.2. The molecule has 2 saturated heterocycles. The topological polar surface area (TPSA) is 59.5 Å². The Hall–Kier alpha value is -1.62. The number of hydrogen-bond donors (Lipinski definition) is 1. The van der Waals surface area contributed by atoms with Crippen LogP contribution in [0.1, 0.15) is 31.2 Å². The summed E-state index contributed by atoms with van der Waals surface area (Å²) in [4.78, 5) is 6.86. The molecule has 2 aromatic rings. The fraction of sp³-hybridized carbons (Fsp3) is 0.571. The zero-order chi connectivity index (χ0) is 13.0. The van der Waals surface area contributed by atoms with Crippen LogP contribution in [0.3, 0.4) is 0 Å². The first kappa shape index (κ1) is 11.2. The highest BCUT2D eigenvalue weighted by Gasteiger charge is 2.40. The lowest BCUT2D eigenvalue weighted by molar-refractivity contribution is 0.410. The van der Waals surface area contributed by atoms with E-state index >= 15 is 0 Å². The Balaban J connectivity index is 1.84. The molecule has 0 amide bonds. The van der Waals surface area contributed by atoms with Crippen LogP contribution in [0.25, 0.3) is 5.65 Å². The summed E-state index contributed by atoms with van der Waals surface area (Å²) in [6, 6.07) is 5.81. The molecule has 4 heterocycles. The monoisotopic (exact) mass is 257 g/mol. The molecule has 0 spiro atoms. The molecule has 5 heteroatoms. The fourth-order valence-electron chi connectivity index (χ4n) is 3.81. The van der Waals surface area contributed by atoms with Crippen molar-refractivity contribution in [2.24, 2.45) is 5.73 Å². The summed E-state index contributed by atoms with van der Waals surface area (Å²) in [5.74, 6) is 1.19. The molecule has 2 N–H and O–H groups in total. The molecule has 19 heavy (non-hydrogen) atoms. The van der Waals surface area contributed by atoms with E-state index in [1.165, 1.54) is 24.2 Å². The lowest BCUT2D eigenvalue weighted by Crippen LogP contribution is -2.48. The molecule has 2 atom stereocenters. The SMILES string of the molecule is Cc1cc(N2C3CCC2CC(N)C3)n2ncnc2c1. The van der Waals surface area contributed by atoms with Gasteiger partial charge in [-0.15, -0.1) is 0 Å². The van der Waals surface area contributed by atoms with Gasteiger partial charge in [0.15, 0.2) is 5.65 Å². The van der Waals surface area contributed by atoms with E-state index in [9.17, 15) is 0 Å². The van der Waals surface area contributed by atoms with Crippen LogP contribution in [0.15, 0.2) is 18.5 Å². The molecule has 2 bridgehead atoms. The van der Waals surface area contributed by atoms with Gasteiger partial charge in [-0.3, -0.25) is 0 Å². The summed E-state index contributed by atoms with van der Waals surface area (Å²) in [5.41, 5.74) is 8.33. The number of aryl methyl sites for hydroxylation is 1. The van der Waals surface area contributed by atoms with E-state index in [-0.39, 0.29) is 0 Å². The summed E-state index contributed by atoms with van der Waals surface area (Å²) in [5, 5.41) is 4.38. The van der Waals surface area contributed by atoms with Crippen molar-refractivity contribution < 1.29 is 0 Å².